The quantitative estimate of drug-likeness (QED) is 0.611. The van der Waals surface area contributed by atoms with Crippen molar-refractivity contribution in [2.75, 3.05) is 5.32 Å². The van der Waals surface area contributed by atoms with Crippen molar-refractivity contribution in [3.8, 4) is 5.75 Å². The maximum atomic E-state index is 5.88. The Kier molecular flexibility index (Phi) is 5.22. The van der Waals surface area contributed by atoms with Crippen molar-refractivity contribution in [2.24, 2.45) is 0 Å². The molecule has 3 aromatic carbocycles. The monoisotopic (exact) mass is 321 g/mol. The molecule has 0 radical (unpaired) electrons. The Morgan fingerprint density at radius 2 is 1.52 bits per heavy atom. The molecule has 1 N–H and O–H groups in total. The van der Waals surface area contributed by atoms with Crippen LogP contribution in [-0.4, -0.2) is 0 Å². The fourth-order valence-corrected chi connectivity index (χ4v) is 2.51. The lowest BCUT2D eigenvalue weighted by Gasteiger charge is -2.12. The van der Waals surface area contributed by atoms with Crippen LogP contribution < -0.4 is 10.1 Å². The summed E-state index contributed by atoms with van der Waals surface area (Å²) < 4.78 is 5.88. The lowest BCUT2D eigenvalue weighted by molar-refractivity contribution is 0.305. The lowest BCUT2D eigenvalue weighted by Crippen LogP contribution is -2.01. The number of hydrogen-bond donors (Lipinski definition) is 2. The normalized spacial score (nSPS) is 10.3. The van der Waals surface area contributed by atoms with Crippen LogP contribution in [0.4, 0.5) is 5.69 Å². The molecule has 23 heavy (non-hydrogen) atoms. The van der Waals surface area contributed by atoms with Gasteiger partial charge in [-0.05, 0) is 41.5 Å². The number of ether oxygens (including phenoxy) is 1. The van der Waals surface area contributed by atoms with Gasteiger partial charge in [0.05, 0.1) is 0 Å². The molecule has 0 fully saturated rings. The van der Waals surface area contributed by atoms with Crippen LogP contribution in [0.15, 0.2) is 83.8 Å². The van der Waals surface area contributed by atoms with Crippen LogP contribution in [0.25, 0.3) is 0 Å². The Morgan fingerprint density at radius 3 is 2.26 bits per heavy atom. The molecular formula is C20H19NOS. The average Bonchev–Trinajstić information content (AvgIpc) is 2.62. The SMILES string of the molecule is Sc1ccc(OCc2ccccc2)cc1CNc1ccccc1. The summed E-state index contributed by atoms with van der Waals surface area (Å²) in [7, 11) is 0. The van der Waals surface area contributed by atoms with Crippen LogP contribution in [0.5, 0.6) is 5.75 Å². The van der Waals surface area contributed by atoms with Gasteiger partial charge in [-0.2, -0.15) is 0 Å². The highest BCUT2D eigenvalue weighted by atomic mass is 32.1. The summed E-state index contributed by atoms with van der Waals surface area (Å²) in [4.78, 5) is 0.959. The Morgan fingerprint density at radius 1 is 0.826 bits per heavy atom. The minimum Gasteiger partial charge on any atom is -0.489 e. The molecule has 0 spiro atoms. The van der Waals surface area contributed by atoms with E-state index in [1.54, 1.807) is 0 Å². The summed E-state index contributed by atoms with van der Waals surface area (Å²) in [6, 6.07) is 26.3. The molecule has 0 atom stereocenters. The second kappa shape index (κ2) is 7.75. The highest BCUT2D eigenvalue weighted by Gasteiger charge is 2.03. The predicted molar refractivity (Wildman–Crippen MR) is 98.2 cm³/mol. The van der Waals surface area contributed by atoms with Gasteiger partial charge < -0.3 is 10.1 Å². The summed E-state index contributed by atoms with van der Waals surface area (Å²) in [5, 5.41) is 3.40. The van der Waals surface area contributed by atoms with Crippen LogP contribution in [0, 0.1) is 0 Å². The minimum absolute atomic E-state index is 0.568. The van der Waals surface area contributed by atoms with Gasteiger partial charge in [0.2, 0.25) is 0 Å². The van der Waals surface area contributed by atoms with Gasteiger partial charge in [0, 0.05) is 17.1 Å². The highest BCUT2D eigenvalue weighted by Crippen LogP contribution is 2.22. The van der Waals surface area contributed by atoms with Crippen molar-refractivity contribution in [1.82, 2.24) is 0 Å². The largest absolute Gasteiger partial charge is 0.489 e. The molecule has 0 saturated heterocycles. The molecule has 3 aromatic rings. The van der Waals surface area contributed by atoms with Gasteiger partial charge >= 0.3 is 0 Å². The number of nitrogens with one attached hydrogen (secondary N) is 1. The molecule has 0 aliphatic rings. The number of anilines is 1. The Labute approximate surface area is 142 Å². The molecule has 0 aliphatic carbocycles. The van der Waals surface area contributed by atoms with E-state index in [9.17, 15) is 0 Å². The van der Waals surface area contributed by atoms with E-state index in [4.69, 9.17) is 4.74 Å². The summed E-state index contributed by atoms with van der Waals surface area (Å²) in [5.74, 6) is 0.858. The van der Waals surface area contributed by atoms with Gasteiger partial charge in [-0.3, -0.25) is 0 Å². The van der Waals surface area contributed by atoms with Crippen molar-refractivity contribution in [3.63, 3.8) is 0 Å². The van der Waals surface area contributed by atoms with Gasteiger partial charge in [0.15, 0.2) is 0 Å². The maximum Gasteiger partial charge on any atom is 0.120 e. The summed E-state index contributed by atoms with van der Waals surface area (Å²) >= 11 is 4.53. The van der Waals surface area contributed by atoms with Crippen molar-refractivity contribution in [1.29, 1.82) is 0 Å². The Hall–Kier alpha value is -2.39. The molecule has 116 valence electrons. The number of thiol groups is 1. The second-order valence-electron chi connectivity index (χ2n) is 5.28. The molecule has 3 heteroatoms. The van der Waals surface area contributed by atoms with Crippen LogP contribution in [0.3, 0.4) is 0 Å². The van der Waals surface area contributed by atoms with Crippen LogP contribution in [0.2, 0.25) is 0 Å². The third-order valence-corrected chi connectivity index (χ3v) is 3.99. The van der Waals surface area contributed by atoms with Crippen LogP contribution >= 0.6 is 12.6 Å². The zero-order valence-electron chi connectivity index (χ0n) is 12.8. The Bertz CT molecular complexity index is 744. The topological polar surface area (TPSA) is 21.3 Å². The molecule has 2 nitrogen and oxygen atoms in total. The fourth-order valence-electron chi connectivity index (χ4n) is 2.29. The summed E-state index contributed by atoms with van der Waals surface area (Å²) in [5.41, 5.74) is 3.37. The minimum atomic E-state index is 0.568. The first-order chi connectivity index (χ1) is 11.3. The molecule has 0 bridgehead atoms. The van der Waals surface area contributed by atoms with Gasteiger partial charge in [-0.15, -0.1) is 12.6 Å². The zero-order chi connectivity index (χ0) is 15.9. The van der Waals surface area contributed by atoms with E-state index in [1.165, 1.54) is 0 Å². The molecule has 0 aliphatic heterocycles. The molecule has 0 aromatic heterocycles. The van der Waals surface area contributed by atoms with Crippen LogP contribution in [0.1, 0.15) is 11.1 Å². The number of benzene rings is 3. The van der Waals surface area contributed by atoms with Crippen molar-refractivity contribution >= 4 is 18.3 Å². The predicted octanol–water partition coefficient (Wildman–Crippen LogP) is 5.17. The fraction of sp³-hybridized carbons (Fsp3) is 0.100. The van der Waals surface area contributed by atoms with E-state index >= 15 is 0 Å². The van der Waals surface area contributed by atoms with Crippen molar-refractivity contribution < 1.29 is 4.74 Å². The molecule has 0 amide bonds. The molecule has 0 saturated carbocycles. The molecule has 0 unspecified atom stereocenters. The Balaban J connectivity index is 1.64. The average molecular weight is 321 g/mol. The first-order valence-electron chi connectivity index (χ1n) is 7.59. The lowest BCUT2D eigenvalue weighted by atomic mass is 10.2. The van der Waals surface area contributed by atoms with Crippen molar-refractivity contribution in [2.45, 2.75) is 18.0 Å². The van der Waals surface area contributed by atoms with Gasteiger partial charge in [-0.25, -0.2) is 0 Å². The van der Waals surface area contributed by atoms with E-state index in [2.05, 4.69) is 30.1 Å². The number of para-hydroxylation sites is 1. The van der Waals surface area contributed by atoms with Gasteiger partial charge in [0.1, 0.15) is 12.4 Å². The first kappa shape index (κ1) is 15.5. The molecule has 3 rings (SSSR count). The standard InChI is InChI=1S/C20H19NOS/c23-20-12-11-19(22-15-16-7-3-1-4-8-16)13-17(20)14-21-18-9-5-2-6-10-18/h1-13,21,23H,14-15H2. The summed E-state index contributed by atoms with van der Waals surface area (Å²) in [6.45, 7) is 1.28. The van der Waals surface area contributed by atoms with E-state index in [1.807, 2.05) is 66.7 Å². The molecule has 0 heterocycles. The van der Waals surface area contributed by atoms with Crippen molar-refractivity contribution in [3.05, 3.63) is 90.0 Å². The van der Waals surface area contributed by atoms with Gasteiger partial charge in [-0.1, -0.05) is 48.5 Å². The van der Waals surface area contributed by atoms with E-state index in [0.717, 1.165) is 27.5 Å². The van der Waals surface area contributed by atoms with Gasteiger partial charge in [0.25, 0.3) is 0 Å². The highest BCUT2D eigenvalue weighted by molar-refractivity contribution is 7.80. The number of hydrogen-bond acceptors (Lipinski definition) is 3. The number of rotatable bonds is 6. The van der Waals surface area contributed by atoms with Crippen LogP contribution in [-0.2, 0) is 13.2 Å². The second-order valence-corrected chi connectivity index (χ2v) is 5.77. The molecular weight excluding hydrogens is 302 g/mol. The summed E-state index contributed by atoms with van der Waals surface area (Å²) in [6.07, 6.45) is 0. The van der Waals surface area contributed by atoms with E-state index < -0.39 is 0 Å². The maximum absolute atomic E-state index is 5.88. The first-order valence-corrected chi connectivity index (χ1v) is 8.03. The zero-order valence-corrected chi connectivity index (χ0v) is 13.7. The third-order valence-electron chi connectivity index (χ3n) is 3.56. The van der Waals surface area contributed by atoms with E-state index in [-0.39, 0.29) is 0 Å². The third kappa shape index (κ3) is 4.54. The smallest absolute Gasteiger partial charge is 0.120 e. The van der Waals surface area contributed by atoms with E-state index in [0.29, 0.717) is 13.2 Å².